The number of carbonyl (C=O) groups excluding carboxylic acids is 1. The molecule has 0 spiro atoms. The van der Waals surface area contributed by atoms with Gasteiger partial charge in [-0.15, -0.1) is 11.3 Å². The zero-order valence-electron chi connectivity index (χ0n) is 18.7. The number of H-pyrrole nitrogens is 1. The molecule has 1 aliphatic heterocycles. The molecule has 8 heteroatoms. The van der Waals surface area contributed by atoms with Gasteiger partial charge in [0.2, 0.25) is 10.0 Å². The number of aromatic amines is 1. The molecule has 2 aromatic heterocycles. The molecule has 1 atom stereocenters. The first kappa shape index (κ1) is 22.8. The quantitative estimate of drug-likeness (QED) is 0.382. The van der Waals surface area contributed by atoms with Crippen molar-refractivity contribution in [2.75, 3.05) is 19.6 Å². The van der Waals surface area contributed by atoms with Gasteiger partial charge in [0, 0.05) is 53.1 Å². The summed E-state index contributed by atoms with van der Waals surface area (Å²) in [6.45, 7) is 1.47. The van der Waals surface area contributed by atoms with Gasteiger partial charge in [-0.2, -0.15) is 4.31 Å². The number of sulfonamides is 1. The second kappa shape index (κ2) is 9.74. The Morgan fingerprint density at radius 2 is 1.85 bits per heavy atom. The number of aromatic nitrogens is 1. The number of thiophene rings is 1. The van der Waals surface area contributed by atoms with Crippen molar-refractivity contribution < 1.29 is 13.2 Å². The van der Waals surface area contributed by atoms with Gasteiger partial charge in [-0.3, -0.25) is 4.79 Å². The third-order valence-electron chi connectivity index (χ3n) is 6.40. The Kier molecular flexibility index (Phi) is 6.54. The number of hydrogen-bond acceptors (Lipinski definition) is 4. The summed E-state index contributed by atoms with van der Waals surface area (Å²) in [6, 6.07) is 18.6. The van der Waals surface area contributed by atoms with Gasteiger partial charge in [-0.1, -0.05) is 36.8 Å². The Hall–Kier alpha value is -2.94. The van der Waals surface area contributed by atoms with Crippen LogP contribution in [-0.4, -0.2) is 43.2 Å². The van der Waals surface area contributed by atoms with Crippen LogP contribution in [-0.2, 0) is 10.0 Å². The third-order valence-corrected chi connectivity index (χ3v) is 9.28. The van der Waals surface area contributed by atoms with Crippen molar-refractivity contribution in [3.8, 4) is 0 Å². The van der Waals surface area contributed by atoms with Crippen LogP contribution in [0.15, 0.2) is 77.1 Å². The van der Waals surface area contributed by atoms with E-state index in [9.17, 15) is 13.2 Å². The molecular formula is C26H27N3O3S2. The molecule has 0 radical (unpaired) electrons. The first-order valence-corrected chi connectivity index (χ1v) is 13.8. The van der Waals surface area contributed by atoms with Crippen LogP contribution in [0.1, 0.15) is 46.0 Å². The van der Waals surface area contributed by atoms with E-state index in [1.54, 1.807) is 29.5 Å². The molecule has 2 N–H and O–H groups in total. The van der Waals surface area contributed by atoms with Gasteiger partial charge in [0.15, 0.2) is 0 Å². The predicted molar refractivity (Wildman–Crippen MR) is 136 cm³/mol. The molecule has 1 amide bonds. The summed E-state index contributed by atoms with van der Waals surface area (Å²) in [5.74, 6) is -0.294. The average Bonchev–Trinajstić information content (AvgIpc) is 3.56. The van der Waals surface area contributed by atoms with Gasteiger partial charge in [0.1, 0.15) is 0 Å². The standard InChI is InChI=1S/C26H27N3O3S2/c30-26(19-8-6-9-20(16-19)34(31,32)29-13-4-1-5-14-29)28-18-23(25-12-7-15-33-25)22-17-27-24-11-3-2-10-21(22)24/h2-3,6-12,15-17,23,27H,1,4-5,13-14,18H2,(H,28,30). The van der Waals surface area contributed by atoms with Crippen LogP contribution in [0.5, 0.6) is 0 Å². The highest BCUT2D eigenvalue weighted by molar-refractivity contribution is 7.89. The molecule has 0 aliphatic carbocycles. The lowest BCUT2D eigenvalue weighted by Gasteiger charge is -2.26. The van der Waals surface area contributed by atoms with Crippen molar-refractivity contribution in [3.05, 3.63) is 88.2 Å². The lowest BCUT2D eigenvalue weighted by Crippen LogP contribution is -2.35. The number of para-hydroxylation sites is 1. The van der Waals surface area contributed by atoms with Crippen molar-refractivity contribution in [1.29, 1.82) is 0 Å². The number of nitrogens with one attached hydrogen (secondary N) is 2. The third kappa shape index (κ3) is 4.53. The van der Waals surface area contributed by atoms with Gasteiger partial charge in [0.05, 0.1) is 4.90 Å². The van der Waals surface area contributed by atoms with Gasteiger partial charge in [0.25, 0.3) is 5.91 Å². The SMILES string of the molecule is O=C(NCC(c1cccs1)c1c[nH]c2ccccc12)c1cccc(S(=O)(=O)N2CCCCC2)c1. The zero-order valence-corrected chi connectivity index (χ0v) is 20.4. The molecule has 2 aromatic carbocycles. The number of rotatable bonds is 7. The highest BCUT2D eigenvalue weighted by atomic mass is 32.2. The van der Waals surface area contributed by atoms with E-state index < -0.39 is 10.0 Å². The van der Waals surface area contributed by atoms with E-state index in [1.165, 1.54) is 10.4 Å². The van der Waals surface area contributed by atoms with E-state index in [0.29, 0.717) is 25.2 Å². The van der Waals surface area contributed by atoms with E-state index in [-0.39, 0.29) is 16.7 Å². The van der Waals surface area contributed by atoms with Crippen LogP contribution in [0.3, 0.4) is 0 Å². The first-order valence-electron chi connectivity index (χ1n) is 11.5. The molecule has 6 nitrogen and oxygen atoms in total. The smallest absolute Gasteiger partial charge is 0.251 e. The molecule has 34 heavy (non-hydrogen) atoms. The monoisotopic (exact) mass is 493 g/mol. The molecule has 0 saturated carbocycles. The number of hydrogen-bond donors (Lipinski definition) is 2. The zero-order chi connectivity index (χ0) is 23.5. The molecule has 1 fully saturated rings. The first-order chi connectivity index (χ1) is 16.5. The summed E-state index contributed by atoms with van der Waals surface area (Å²) >= 11 is 1.66. The normalized spacial score (nSPS) is 15.9. The largest absolute Gasteiger partial charge is 0.361 e. The Balaban J connectivity index is 1.37. The highest BCUT2D eigenvalue weighted by Crippen LogP contribution is 2.33. The fourth-order valence-electron chi connectivity index (χ4n) is 4.58. The summed E-state index contributed by atoms with van der Waals surface area (Å²) in [7, 11) is -3.59. The number of carbonyl (C=O) groups is 1. The Labute approximate surface area is 203 Å². The molecule has 0 bridgehead atoms. The average molecular weight is 494 g/mol. The van der Waals surface area contributed by atoms with E-state index in [0.717, 1.165) is 40.6 Å². The highest BCUT2D eigenvalue weighted by Gasteiger charge is 2.27. The van der Waals surface area contributed by atoms with E-state index in [1.807, 2.05) is 35.8 Å². The molecule has 176 valence electrons. The van der Waals surface area contributed by atoms with Gasteiger partial charge in [-0.25, -0.2) is 8.42 Å². The minimum absolute atomic E-state index is 0.0136. The minimum atomic E-state index is -3.59. The lowest BCUT2D eigenvalue weighted by atomic mass is 9.96. The summed E-state index contributed by atoms with van der Waals surface area (Å²) in [5, 5.41) is 6.21. The van der Waals surface area contributed by atoms with Crippen LogP contribution < -0.4 is 5.32 Å². The Bertz CT molecular complexity index is 1390. The maximum absolute atomic E-state index is 13.1. The number of piperidine rings is 1. The summed E-state index contributed by atoms with van der Waals surface area (Å²) in [4.78, 5) is 17.7. The summed E-state index contributed by atoms with van der Waals surface area (Å²) in [6.07, 6.45) is 4.80. The van der Waals surface area contributed by atoms with Gasteiger partial charge < -0.3 is 10.3 Å². The topological polar surface area (TPSA) is 82.3 Å². The predicted octanol–water partition coefficient (Wildman–Crippen LogP) is 4.97. The second-order valence-electron chi connectivity index (χ2n) is 8.56. The molecule has 1 unspecified atom stereocenters. The van der Waals surface area contributed by atoms with Crippen molar-refractivity contribution in [3.63, 3.8) is 0 Å². The van der Waals surface area contributed by atoms with E-state index in [4.69, 9.17) is 0 Å². The van der Waals surface area contributed by atoms with Crippen LogP contribution in [0.2, 0.25) is 0 Å². The fraction of sp³-hybridized carbons (Fsp3) is 0.269. The van der Waals surface area contributed by atoms with Crippen molar-refractivity contribution in [2.45, 2.75) is 30.1 Å². The molecule has 1 aliphatic rings. The second-order valence-corrected chi connectivity index (χ2v) is 11.5. The van der Waals surface area contributed by atoms with Gasteiger partial charge in [-0.05, 0) is 54.1 Å². The Morgan fingerprint density at radius 1 is 1.03 bits per heavy atom. The fourth-order valence-corrected chi connectivity index (χ4v) is 6.99. The molecule has 3 heterocycles. The maximum atomic E-state index is 13.1. The number of fused-ring (bicyclic) bond motifs is 1. The maximum Gasteiger partial charge on any atom is 0.251 e. The van der Waals surface area contributed by atoms with Gasteiger partial charge >= 0.3 is 0 Å². The summed E-state index contributed by atoms with van der Waals surface area (Å²) < 4.78 is 27.6. The van der Waals surface area contributed by atoms with E-state index >= 15 is 0 Å². The summed E-state index contributed by atoms with van der Waals surface area (Å²) in [5.41, 5.74) is 2.53. The molecule has 5 rings (SSSR count). The van der Waals surface area contributed by atoms with Crippen LogP contribution in [0.25, 0.3) is 10.9 Å². The lowest BCUT2D eigenvalue weighted by molar-refractivity contribution is 0.0952. The van der Waals surface area contributed by atoms with Crippen LogP contribution in [0.4, 0.5) is 0 Å². The van der Waals surface area contributed by atoms with Crippen molar-refractivity contribution in [1.82, 2.24) is 14.6 Å². The molecule has 1 saturated heterocycles. The van der Waals surface area contributed by atoms with Crippen LogP contribution >= 0.6 is 11.3 Å². The van der Waals surface area contributed by atoms with Crippen molar-refractivity contribution >= 4 is 38.2 Å². The molecular weight excluding hydrogens is 466 g/mol. The number of amides is 1. The van der Waals surface area contributed by atoms with Crippen LogP contribution in [0, 0.1) is 0 Å². The molecule has 4 aromatic rings. The number of nitrogens with zero attached hydrogens (tertiary/aromatic N) is 1. The van der Waals surface area contributed by atoms with E-state index in [2.05, 4.69) is 22.4 Å². The Morgan fingerprint density at radius 3 is 2.65 bits per heavy atom. The minimum Gasteiger partial charge on any atom is -0.361 e. The van der Waals surface area contributed by atoms with Crippen molar-refractivity contribution in [2.24, 2.45) is 0 Å². The number of benzene rings is 2.